The minimum Gasteiger partial charge on any atom is -0.321 e. The summed E-state index contributed by atoms with van der Waals surface area (Å²) in [7, 11) is -1.23. The summed E-state index contributed by atoms with van der Waals surface area (Å²) in [6, 6.07) is 7.65. The van der Waals surface area contributed by atoms with Gasteiger partial charge in [-0.2, -0.15) is 13.2 Å². The van der Waals surface area contributed by atoms with E-state index in [1.165, 1.54) is 29.5 Å². The summed E-state index contributed by atoms with van der Waals surface area (Å²) in [5.41, 5.74) is -0.658. The first-order valence-corrected chi connectivity index (χ1v) is 12.2. The van der Waals surface area contributed by atoms with Crippen molar-refractivity contribution in [1.29, 1.82) is 0 Å². The number of nitrogens with one attached hydrogen (secondary N) is 1. The second-order valence-corrected chi connectivity index (χ2v) is 13.4. The number of amides is 1. The molecular formula is C17H20F3NOSSi. The fraction of sp³-hybridized carbons (Fsp3) is 0.353. The van der Waals surface area contributed by atoms with Crippen LogP contribution in [-0.2, 0) is 12.6 Å². The van der Waals surface area contributed by atoms with Gasteiger partial charge in [0, 0.05) is 13.0 Å². The number of hydrogen-bond donors (Lipinski definition) is 1. The fourth-order valence-electron chi connectivity index (χ4n) is 2.25. The van der Waals surface area contributed by atoms with Gasteiger partial charge in [0.1, 0.15) is 0 Å². The van der Waals surface area contributed by atoms with Crippen LogP contribution < -0.4 is 5.32 Å². The Morgan fingerprint density at radius 2 is 1.83 bits per heavy atom. The van der Waals surface area contributed by atoms with E-state index in [1.807, 2.05) is 5.38 Å². The average molecular weight is 372 g/mol. The van der Waals surface area contributed by atoms with E-state index in [2.05, 4.69) is 25.0 Å². The first-order chi connectivity index (χ1) is 11.1. The molecule has 0 fully saturated rings. The number of aryl methyl sites for hydroxylation is 1. The van der Waals surface area contributed by atoms with Crippen molar-refractivity contribution >= 4 is 31.0 Å². The number of thiophene rings is 1. The molecule has 0 atom stereocenters. The Bertz CT molecular complexity index is 719. The number of benzene rings is 1. The van der Waals surface area contributed by atoms with Gasteiger partial charge in [-0.1, -0.05) is 37.8 Å². The van der Waals surface area contributed by atoms with Gasteiger partial charge in [-0.15, -0.1) is 11.3 Å². The second kappa shape index (κ2) is 7.10. The van der Waals surface area contributed by atoms with Crippen LogP contribution >= 0.6 is 11.3 Å². The molecule has 7 heteroatoms. The van der Waals surface area contributed by atoms with E-state index >= 15 is 0 Å². The highest BCUT2D eigenvalue weighted by atomic mass is 32.1. The Hall–Kier alpha value is -1.60. The highest BCUT2D eigenvalue weighted by Gasteiger charge is 2.34. The van der Waals surface area contributed by atoms with Crippen LogP contribution in [-0.4, -0.2) is 14.0 Å². The highest BCUT2D eigenvalue weighted by Crippen LogP contribution is 2.33. The molecule has 1 amide bonds. The molecule has 24 heavy (non-hydrogen) atoms. The molecule has 2 rings (SSSR count). The Morgan fingerprint density at radius 3 is 2.46 bits per heavy atom. The lowest BCUT2D eigenvalue weighted by atomic mass is 10.1. The number of anilines is 1. The molecule has 130 valence electrons. The normalized spacial score (nSPS) is 12.2. The average Bonchev–Trinajstić information content (AvgIpc) is 2.90. The van der Waals surface area contributed by atoms with Crippen molar-refractivity contribution in [3.8, 4) is 0 Å². The molecule has 0 aliphatic rings. The summed E-state index contributed by atoms with van der Waals surface area (Å²) in [5, 5.41) is 4.49. The minimum atomic E-state index is -4.55. The molecule has 0 radical (unpaired) electrons. The lowest BCUT2D eigenvalue weighted by molar-refractivity contribution is -0.137. The topological polar surface area (TPSA) is 29.1 Å². The number of halogens is 3. The summed E-state index contributed by atoms with van der Waals surface area (Å²) in [6.45, 7) is 6.79. The quantitative estimate of drug-likeness (QED) is 0.651. The zero-order chi connectivity index (χ0) is 18.0. The minimum absolute atomic E-state index is 0.354. The summed E-state index contributed by atoms with van der Waals surface area (Å²) in [5.74, 6) is -0.726. The fourth-order valence-corrected chi connectivity index (χ4v) is 4.27. The van der Waals surface area contributed by atoms with Crippen LogP contribution in [0.4, 0.5) is 18.9 Å². The first kappa shape index (κ1) is 18.7. The van der Waals surface area contributed by atoms with Gasteiger partial charge in [-0.05, 0) is 30.0 Å². The van der Waals surface area contributed by atoms with Crippen molar-refractivity contribution in [3.63, 3.8) is 0 Å². The van der Waals surface area contributed by atoms with Crippen LogP contribution in [0.2, 0.25) is 25.7 Å². The van der Waals surface area contributed by atoms with Gasteiger partial charge < -0.3 is 5.32 Å². The smallest absolute Gasteiger partial charge is 0.321 e. The van der Waals surface area contributed by atoms with E-state index in [0.29, 0.717) is 5.69 Å². The van der Waals surface area contributed by atoms with Crippen LogP contribution in [0.3, 0.4) is 0 Å². The monoisotopic (exact) mass is 371 g/mol. The first-order valence-electron chi connectivity index (χ1n) is 7.62. The SMILES string of the molecule is C[Si](C)(C)CCc1sccc1NC(=O)c1ccccc1C(F)(F)F. The molecule has 0 aliphatic carbocycles. The van der Waals surface area contributed by atoms with Crippen molar-refractivity contribution in [1.82, 2.24) is 0 Å². The predicted octanol–water partition coefficient (Wildman–Crippen LogP) is 5.90. The van der Waals surface area contributed by atoms with Crippen molar-refractivity contribution in [3.05, 3.63) is 51.7 Å². The van der Waals surface area contributed by atoms with E-state index < -0.39 is 25.7 Å². The number of carbonyl (C=O) groups excluding carboxylic acids is 1. The Morgan fingerprint density at radius 1 is 1.17 bits per heavy atom. The number of hydrogen-bond acceptors (Lipinski definition) is 2. The van der Waals surface area contributed by atoms with Gasteiger partial charge in [0.2, 0.25) is 0 Å². The van der Waals surface area contributed by atoms with Crippen LogP contribution in [0, 0.1) is 0 Å². The third-order valence-electron chi connectivity index (χ3n) is 3.57. The molecule has 0 bridgehead atoms. The summed E-state index contributed by atoms with van der Waals surface area (Å²) in [4.78, 5) is 13.3. The Labute approximate surface area is 144 Å². The van der Waals surface area contributed by atoms with E-state index in [1.54, 1.807) is 6.07 Å². The molecule has 1 heterocycles. The zero-order valence-electron chi connectivity index (χ0n) is 13.8. The number of alkyl halides is 3. The number of carbonyl (C=O) groups is 1. The van der Waals surface area contributed by atoms with E-state index in [-0.39, 0.29) is 5.56 Å². The molecule has 2 aromatic rings. The molecule has 0 spiro atoms. The molecule has 1 aromatic carbocycles. The summed E-state index contributed by atoms with van der Waals surface area (Å²) < 4.78 is 39.1. The van der Waals surface area contributed by atoms with Crippen LogP contribution in [0.5, 0.6) is 0 Å². The summed E-state index contributed by atoms with van der Waals surface area (Å²) >= 11 is 1.52. The van der Waals surface area contributed by atoms with E-state index in [9.17, 15) is 18.0 Å². The summed E-state index contributed by atoms with van der Waals surface area (Å²) in [6.07, 6.45) is -3.72. The van der Waals surface area contributed by atoms with Gasteiger partial charge in [-0.3, -0.25) is 4.79 Å². The maximum atomic E-state index is 13.0. The van der Waals surface area contributed by atoms with Gasteiger partial charge in [-0.25, -0.2) is 0 Å². The van der Waals surface area contributed by atoms with E-state index in [0.717, 1.165) is 23.4 Å². The third kappa shape index (κ3) is 4.94. The van der Waals surface area contributed by atoms with Crippen molar-refractivity contribution in [2.75, 3.05) is 5.32 Å². The van der Waals surface area contributed by atoms with Crippen LogP contribution in [0.15, 0.2) is 35.7 Å². The van der Waals surface area contributed by atoms with E-state index in [4.69, 9.17) is 0 Å². The molecule has 0 unspecified atom stereocenters. The predicted molar refractivity (Wildman–Crippen MR) is 95.6 cm³/mol. The van der Waals surface area contributed by atoms with Gasteiger partial charge >= 0.3 is 6.18 Å². The molecule has 1 aromatic heterocycles. The number of rotatable bonds is 5. The largest absolute Gasteiger partial charge is 0.417 e. The lowest BCUT2D eigenvalue weighted by Gasteiger charge is -2.16. The maximum absolute atomic E-state index is 13.0. The zero-order valence-corrected chi connectivity index (χ0v) is 15.6. The molecular weight excluding hydrogens is 351 g/mol. The van der Waals surface area contributed by atoms with Gasteiger partial charge in [0.15, 0.2) is 0 Å². The van der Waals surface area contributed by atoms with Gasteiger partial charge in [0.25, 0.3) is 5.91 Å². The molecule has 0 saturated carbocycles. The van der Waals surface area contributed by atoms with Crippen molar-refractivity contribution in [2.24, 2.45) is 0 Å². The molecule has 1 N–H and O–H groups in total. The molecule has 0 saturated heterocycles. The molecule has 2 nitrogen and oxygen atoms in total. The highest BCUT2D eigenvalue weighted by molar-refractivity contribution is 7.10. The lowest BCUT2D eigenvalue weighted by Crippen LogP contribution is -2.21. The van der Waals surface area contributed by atoms with Gasteiger partial charge in [0.05, 0.1) is 16.8 Å². The van der Waals surface area contributed by atoms with Crippen LogP contribution in [0.25, 0.3) is 0 Å². The van der Waals surface area contributed by atoms with Crippen molar-refractivity contribution < 1.29 is 18.0 Å². The maximum Gasteiger partial charge on any atom is 0.417 e. The molecule has 0 aliphatic heterocycles. The standard InChI is InChI=1S/C17H20F3NOSSi/c1-24(2,3)11-9-15-14(8-10-23-15)21-16(22)12-6-4-5-7-13(12)17(18,19)20/h4-8,10H,9,11H2,1-3H3,(H,21,22). The Balaban J connectivity index is 2.19. The third-order valence-corrected chi connectivity index (χ3v) is 6.30. The van der Waals surface area contributed by atoms with Crippen LogP contribution in [0.1, 0.15) is 20.8 Å². The Kier molecular flexibility index (Phi) is 5.55. The van der Waals surface area contributed by atoms with Crippen molar-refractivity contribution in [2.45, 2.75) is 38.3 Å². The second-order valence-electron chi connectivity index (χ2n) is 6.82.